The number of carbonyl (C=O) groups is 1. The van der Waals surface area contributed by atoms with Gasteiger partial charge in [-0.25, -0.2) is 0 Å². The zero-order chi connectivity index (χ0) is 19.4. The van der Waals surface area contributed by atoms with E-state index in [1.807, 2.05) is 18.2 Å². The van der Waals surface area contributed by atoms with Crippen LogP contribution in [-0.2, 0) is 4.79 Å². The first-order valence-corrected chi connectivity index (χ1v) is 9.47. The highest BCUT2D eigenvalue weighted by atomic mass is 16.6. The number of benzene rings is 2. The standard InChI is InChI=1S/C23H27NO3/c1-15(2)18-6-5-7-19(16(3)4)23(18)24-22(25)11-9-17-8-10-20-21(14-17)27-13-12-26-20/h5-11,14-16H,12-13H2,1-4H3,(H,24,25)/b11-9+. The molecule has 0 aromatic heterocycles. The fourth-order valence-corrected chi connectivity index (χ4v) is 3.20. The monoisotopic (exact) mass is 365 g/mol. The van der Waals surface area contributed by atoms with Crippen molar-refractivity contribution in [2.75, 3.05) is 18.5 Å². The first-order valence-electron chi connectivity index (χ1n) is 9.47. The van der Waals surface area contributed by atoms with Gasteiger partial charge in [-0.05, 0) is 46.7 Å². The van der Waals surface area contributed by atoms with Gasteiger partial charge in [-0.2, -0.15) is 0 Å². The molecule has 2 aromatic rings. The number of para-hydroxylation sites is 1. The summed E-state index contributed by atoms with van der Waals surface area (Å²) in [5.41, 5.74) is 4.14. The summed E-state index contributed by atoms with van der Waals surface area (Å²) in [5, 5.41) is 3.09. The second kappa shape index (κ2) is 8.30. The lowest BCUT2D eigenvalue weighted by Crippen LogP contribution is -2.15. The molecule has 1 N–H and O–H groups in total. The summed E-state index contributed by atoms with van der Waals surface area (Å²) in [6.45, 7) is 9.67. The van der Waals surface area contributed by atoms with Gasteiger partial charge in [0.2, 0.25) is 5.91 Å². The molecular weight excluding hydrogens is 338 g/mol. The number of nitrogens with one attached hydrogen (secondary N) is 1. The van der Waals surface area contributed by atoms with Gasteiger partial charge in [0, 0.05) is 11.8 Å². The van der Waals surface area contributed by atoms with Crippen LogP contribution in [0.3, 0.4) is 0 Å². The smallest absolute Gasteiger partial charge is 0.248 e. The Morgan fingerprint density at radius 1 is 0.963 bits per heavy atom. The second-order valence-electron chi connectivity index (χ2n) is 7.35. The fraction of sp³-hybridized carbons (Fsp3) is 0.348. The van der Waals surface area contributed by atoms with Crippen LogP contribution in [-0.4, -0.2) is 19.1 Å². The summed E-state index contributed by atoms with van der Waals surface area (Å²) in [6, 6.07) is 11.9. The number of fused-ring (bicyclic) bond motifs is 1. The number of rotatable bonds is 5. The Balaban J connectivity index is 1.79. The lowest BCUT2D eigenvalue weighted by molar-refractivity contribution is -0.111. The third-order valence-corrected chi connectivity index (χ3v) is 4.61. The van der Waals surface area contributed by atoms with Gasteiger partial charge in [0.25, 0.3) is 0 Å². The van der Waals surface area contributed by atoms with Crippen LogP contribution < -0.4 is 14.8 Å². The fourth-order valence-electron chi connectivity index (χ4n) is 3.20. The van der Waals surface area contributed by atoms with Crippen molar-refractivity contribution >= 4 is 17.7 Å². The van der Waals surface area contributed by atoms with Crippen molar-refractivity contribution in [3.8, 4) is 11.5 Å². The molecule has 4 heteroatoms. The van der Waals surface area contributed by atoms with Crippen LogP contribution >= 0.6 is 0 Å². The van der Waals surface area contributed by atoms with Crippen molar-refractivity contribution in [3.05, 3.63) is 59.2 Å². The van der Waals surface area contributed by atoms with Gasteiger partial charge in [-0.3, -0.25) is 4.79 Å². The van der Waals surface area contributed by atoms with E-state index in [9.17, 15) is 4.79 Å². The molecule has 142 valence electrons. The lowest BCUT2D eigenvalue weighted by atomic mass is 9.92. The molecule has 1 heterocycles. The minimum absolute atomic E-state index is 0.139. The normalized spacial score (nSPS) is 13.4. The predicted octanol–water partition coefficient (Wildman–Crippen LogP) is 5.36. The van der Waals surface area contributed by atoms with Gasteiger partial charge in [0.15, 0.2) is 11.5 Å². The van der Waals surface area contributed by atoms with Crippen LogP contribution in [0.2, 0.25) is 0 Å². The predicted molar refractivity (Wildman–Crippen MR) is 110 cm³/mol. The quantitative estimate of drug-likeness (QED) is 0.726. The Morgan fingerprint density at radius 2 is 1.59 bits per heavy atom. The van der Waals surface area contributed by atoms with Crippen LogP contribution in [0, 0.1) is 0 Å². The number of carbonyl (C=O) groups excluding carboxylic acids is 1. The minimum Gasteiger partial charge on any atom is -0.486 e. The van der Waals surface area contributed by atoms with Gasteiger partial charge < -0.3 is 14.8 Å². The van der Waals surface area contributed by atoms with Gasteiger partial charge in [-0.15, -0.1) is 0 Å². The molecule has 0 bridgehead atoms. The summed E-state index contributed by atoms with van der Waals surface area (Å²) in [5.74, 6) is 1.99. The molecule has 0 fully saturated rings. The number of amides is 1. The zero-order valence-electron chi connectivity index (χ0n) is 16.4. The third-order valence-electron chi connectivity index (χ3n) is 4.61. The van der Waals surface area contributed by atoms with Gasteiger partial charge >= 0.3 is 0 Å². The highest BCUT2D eigenvalue weighted by Crippen LogP contribution is 2.33. The summed E-state index contributed by atoms with van der Waals surface area (Å²) in [6.07, 6.45) is 3.35. The molecule has 0 radical (unpaired) electrons. The molecule has 27 heavy (non-hydrogen) atoms. The van der Waals surface area contributed by atoms with Crippen molar-refractivity contribution in [2.24, 2.45) is 0 Å². The maximum Gasteiger partial charge on any atom is 0.248 e. The van der Waals surface area contributed by atoms with E-state index in [4.69, 9.17) is 9.47 Å². The van der Waals surface area contributed by atoms with Crippen molar-refractivity contribution in [1.29, 1.82) is 0 Å². The highest BCUT2D eigenvalue weighted by molar-refractivity contribution is 6.03. The summed E-state index contributed by atoms with van der Waals surface area (Å²) < 4.78 is 11.1. The molecule has 3 rings (SSSR count). The van der Waals surface area contributed by atoms with Crippen LogP contribution in [0.1, 0.15) is 56.2 Å². The summed E-state index contributed by atoms with van der Waals surface area (Å²) in [4.78, 5) is 12.6. The van der Waals surface area contributed by atoms with Crippen LogP contribution in [0.4, 0.5) is 5.69 Å². The lowest BCUT2D eigenvalue weighted by Gasteiger charge is -2.19. The molecule has 4 nitrogen and oxygen atoms in total. The molecule has 1 aliphatic rings. The molecule has 0 aliphatic carbocycles. The van der Waals surface area contributed by atoms with Crippen molar-refractivity contribution in [3.63, 3.8) is 0 Å². The molecule has 0 saturated heterocycles. The Morgan fingerprint density at radius 3 is 2.22 bits per heavy atom. The largest absolute Gasteiger partial charge is 0.486 e. The van der Waals surface area contributed by atoms with E-state index in [0.717, 1.165) is 33.9 Å². The molecular formula is C23H27NO3. The summed E-state index contributed by atoms with van der Waals surface area (Å²) >= 11 is 0. The van der Waals surface area contributed by atoms with Crippen molar-refractivity contribution in [2.45, 2.75) is 39.5 Å². The first kappa shape index (κ1) is 19.0. The van der Waals surface area contributed by atoms with Gasteiger partial charge in [-0.1, -0.05) is 52.0 Å². The molecule has 0 unspecified atom stereocenters. The van der Waals surface area contributed by atoms with E-state index in [1.165, 1.54) is 0 Å². The number of ether oxygens (including phenoxy) is 2. The highest BCUT2D eigenvalue weighted by Gasteiger charge is 2.15. The van der Waals surface area contributed by atoms with E-state index in [2.05, 4.69) is 51.2 Å². The van der Waals surface area contributed by atoms with Crippen LogP contribution in [0.15, 0.2) is 42.5 Å². The van der Waals surface area contributed by atoms with Gasteiger partial charge in [0.1, 0.15) is 13.2 Å². The van der Waals surface area contributed by atoms with E-state index in [0.29, 0.717) is 25.0 Å². The maximum atomic E-state index is 12.6. The molecule has 0 atom stereocenters. The van der Waals surface area contributed by atoms with Gasteiger partial charge in [0.05, 0.1) is 0 Å². The molecule has 1 aliphatic heterocycles. The van der Waals surface area contributed by atoms with Crippen LogP contribution in [0.5, 0.6) is 11.5 Å². The average Bonchev–Trinajstić information content (AvgIpc) is 2.66. The average molecular weight is 365 g/mol. The van der Waals surface area contributed by atoms with E-state index >= 15 is 0 Å². The van der Waals surface area contributed by atoms with E-state index in [-0.39, 0.29) is 5.91 Å². The third kappa shape index (κ3) is 4.51. The number of hydrogen-bond donors (Lipinski definition) is 1. The number of anilines is 1. The maximum absolute atomic E-state index is 12.6. The molecule has 2 aromatic carbocycles. The Bertz CT molecular complexity index is 826. The van der Waals surface area contributed by atoms with Crippen molar-refractivity contribution in [1.82, 2.24) is 0 Å². The first-order chi connectivity index (χ1) is 13.0. The molecule has 1 amide bonds. The van der Waals surface area contributed by atoms with Crippen molar-refractivity contribution < 1.29 is 14.3 Å². The summed E-state index contributed by atoms with van der Waals surface area (Å²) in [7, 11) is 0. The van der Waals surface area contributed by atoms with E-state index in [1.54, 1.807) is 12.2 Å². The molecule has 0 spiro atoms. The second-order valence-corrected chi connectivity index (χ2v) is 7.35. The topological polar surface area (TPSA) is 47.6 Å². The minimum atomic E-state index is -0.139. The van der Waals surface area contributed by atoms with Crippen LogP contribution in [0.25, 0.3) is 6.08 Å². The Kier molecular flexibility index (Phi) is 5.84. The van der Waals surface area contributed by atoms with E-state index < -0.39 is 0 Å². The SMILES string of the molecule is CC(C)c1cccc(C(C)C)c1NC(=O)/C=C/c1ccc2c(c1)OCCO2. The molecule has 0 saturated carbocycles. The zero-order valence-corrected chi connectivity index (χ0v) is 16.4. The Labute approximate surface area is 161 Å². The Hall–Kier alpha value is -2.75. The number of hydrogen-bond acceptors (Lipinski definition) is 3.